The molecule has 0 amide bonds. The van der Waals surface area contributed by atoms with Gasteiger partial charge in [-0.05, 0) is 58.1 Å². The maximum atomic E-state index is 3.67. The van der Waals surface area contributed by atoms with Crippen LogP contribution in [0.2, 0.25) is 0 Å². The van der Waals surface area contributed by atoms with Gasteiger partial charge in [0.2, 0.25) is 0 Å². The van der Waals surface area contributed by atoms with Gasteiger partial charge in [0.15, 0.2) is 0 Å². The zero-order chi connectivity index (χ0) is 20.0. The average molecular weight is 440 g/mol. The molecule has 1 aliphatic rings. The Kier molecular flexibility index (Phi) is 4.33. The molecule has 0 saturated heterocycles. The highest BCUT2D eigenvalue weighted by atomic mass is 79.9. The highest BCUT2D eigenvalue weighted by molar-refractivity contribution is 9.10. The van der Waals surface area contributed by atoms with Crippen molar-refractivity contribution in [3.05, 3.63) is 107 Å². The first kappa shape index (κ1) is 18.2. The molecule has 4 aromatic rings. The van der Waals surface area contributed by atoms with Gasteiger partial charge in [0, 0.05) is 26.8 Å². The van der Waals surface area contributed by atoms with Crippen molar-refractivity contribution in [2.75, 3.05) is 5.32 Å². The maximum Gasteiger partial charge on any atom is 0.0467 e. The molecule has 4 aromatic carbocycles. The predicted octanol–water partition coefficient (Wildman–Crippen LogP) is 8.17. The number of hydrogen-bond donors (Lipinski definition) is 1. The minimum absolute atomic E-state index is 0.0715. The fraction of sp³-hybridized carbons (Fsp3) is 0.111. The Labute approximate surface area is 180 Å². The largest absolute Gasteiger partial charge is 0.355 e. The minimum Gasteiger partial charge on any atom is -0.355 e. The second-order valence-electron chi connectivity index (χ2n) is 8.08. The van der Waals surface area contributed by atoms with Crippen LogP contribution in [-0.2, 0) is 5.41 Å². The Morgan fingerprint density at radius 2 is 1.48 bits per heavy atom. The molecule has 1 nitrogen and oxygen atoms in total. The average Bonchev–Trinajstić information content (AvgIpc) is 2.96. The summed E-state index contributed by atoms with van der Waals surface area (Å²) in [7, 11) is 0. The maximum absolute atomic E-state index is 3.67. The van der Waals surface area contributed by atoms with E-state index in [1.807, 2.05) is 6.07 Å². The van der Waals surface area contributed by atoms with E-state index in [2.05, 4.69) is 120 Å². The van der Waals surface area contributed by atoms with E-state index in [0.29, 0.717) is 0 Å². The second-order valence-corrected chi connectivity index (χ2v) is 9.00. The Hall–Kier alpha value is -2.84. The van der Waals surface area contributed by atoms with Crippen molar-refractivity contribution < 1.29 is 0 Å². The summed E-state index contributed by atoms with van der Waals surface area (Å²) in [5, 5.41) is 3.67. The number of benzene rings is 4. The van der Waals surface area contributed by atoms with Gasteiger partial charge in [0.05, 0.1) is 0 Å². The molecule has 2 heteroatoms. The molecule has 0 aliphatic heterocycles. The van der Waals surface area contributed by atoms with Gasteiger partial charge in [-0.3, -0.25) is 0 Å². The SMILES string of the molecule is CC1(C)c2ccccc2-c2ccc(Nc3ccccc3)c(-c3cccc(Br)c3)c21. The molecule has 1 aliphatic carbocycles. The van der Waals surface area contributed by atoms with Crippen LogP contribution < -0.4 is 5.32 Å². The van der Waals surface area contributed by atoms with E-state index >= 15 is 0 Å². The first-order chi connectivity index (χ1) is 14.1. The van der Waals surface area contributed by atoms with Gasteiger partial charge in [-0.25, -0.2) is 0 Å². The molecule has 0 aromatic heterocycles. The number of fused-ring (bicyclic) bond motifs is 3. The van der Waals surface area contributed by atoms with E-state index in [9.17, 15) is 0 Å². The normalized spacial score (nSPS) is 13.6. The van der Waals surface area contributed by atoms with E-state index in [1.165, 1.54) is 33.4 Å². The fourth-order valence-electron chi connectivity index (χ4n) is 4.60. The molecule has 0 saturated carbocycles. The number of rotatable bonds is 3. The molecule has 142 valence electrons. The highest BCUT2D eigenvalue weighted by Crippen LogP contribution is 2.54. The molecule has 29 heavy (non-hydrogen) atoms. The Morgan fingerprint density at radius 3 is 2.28 bits per heavy atom. The van der Waals surface area contributed by atoms with Crippen LogP contribution >= 0.6 is 15.9 Å². The number of halogens is 1. The fourth-order valence-corrected chi connectivity index (χ4v) is 5.00. The monoisotopic (exact) mass is 439 g/mol. The third-order valence-electron chi connectivity index (χ3n) is 5.89. The van der Waals surface area contributed by atoms with Gasteiger partial charge in [0.25, 0.3) is 0 Å². The van der Waals surface area contributed by atoms with Crippen LogP contribution in [0.4, 0.5) is 11.4 Å². The molecule has 0 radical (unpaired) electrons. The molecule has 1 N–H and O–H groups in total. The predicted molar refractivity (Wildman–Crippen MR) is 127 cm³/mol. The summed E-state index contributed by atoms with van der Waals surface area (Å²) in [4.78, 5) is 0. The molecule has 0 spiro atoms. The highest BCUT2D eigenvalue weighted by Gasteiger charge is 2.38. The van der Waals surface area contributed by atoms with E-state index in [0.717, 1.165) is 15.8 Å². The van der Waals surface area contributed by atoms with Gasteiger partial charge in [0.1, 0.15) is 0 Å². The Morgan fingerprint density at radius 1 is 0.724 bits per heavy atom. The van der Waals surface area contributed by atoms with E-state index in [4.69, 9.17) is 0 Å². The van der Waals surface area contributed by atoms with Crippen molar-refractivity contribution in [2.45, 2.75) is 19.3 Å². The summed E-state index contributed by atoms with van der Waals surface area (Å²) in [6, 6.07) is 32.3. The number of hydrogen-bond acceptors (Lipinski definition) is 1. The van der Waals surface area contributed by atoms with Crippen LogP contribution in [-0.4, -0.2) is 0 Å². The lowest BCUT2D eigenvalue weighted by Crippen LogP contribution is -2.17. The summed E-state index contributed by atoms with van der Waals surface area (Å²) in [5.41, 5.74) is 10.1. The number of nitrogens with one attached hydrogen (secondary N) is 1. The Balaban J connectivity index is 1.80. The molecule has 0 fully saturated rings. The summed E-state index contributed by atoms with van der Waals surface area (Å²) in [5.74, 6) is 0. The van der Waals surface area contributed by atoms with Crippen LogP contribution in [0, 0.1) is 0 Å². The zero-order valence-electron chi connectivity index (χ0n) is 16.5. The first-order valence-corrected chi connectivity index (χ1v) is 10.7. The van der Waals surface area contributed by atoms with E-state index < -0.39 is 0 Å². The Bertz CT molecular complexity index is 1210. The first-order valence-electron chi connectivity index (χ1n) is 9.91. The van der Waals surface area contributed by atoms with Crippen LogP contribution in [0.25, 0.3) is 22.3 Å². The summed E-state index contributed by atoms with van der Waals surface area (Å²) >= 11 is 3.67. The number of para-hydroxylation sites is 1. The third-order valence-corrected chi connectivity index (χ3v) is 6.38. The van der Waals surface area contributed by atoms with E-state index in [-0.39, 0.29) is 5.41 Å². The number of anilines is 2. The third kappa shape index (κ3) is 2.99. The van der Waals surface area contributed by atoms with Gasteiger partial charge < -0.3 is 5.32 Å². The zero-order valence-corrected chi connectivity index (χ0v) is 18.1. The van der Waals surface area contributed by atoms with Crippen molar-refractivity contribution in [3.63, 3.8) is 0 Å². The van der Waals surface area contributed by atoms with Crippen molar-refractivity contribution in [3.8, 4) is 22.3 Å². The van der Waals surface area contributed by atoms with Crippen LogP contribution in [0.15, 0.2) is 95.5 Å². The molecule has 0 bridgehead atoms. The lowest BCUT2D eigenvalue weighted by molar-refractivity contribution is 0.662. The molecule has 5 rings (SSSR count). The van der Waals surface area contributed by atoms with Gasteiger partial charge in [-0.15, -0.1) is 0 Å². The van der Waals surface area contributed by atoms with Crippen molar-refractivity contribution in [1.29, 1.82) is 0 Å². The van der Waals surface area contributed by atoms with Gasteiger partial charge in [-0.1, -0.05) is 90.4 Å². The smallest absolute Gasteiger partial charge is 0.0467 e. The molecule has 0 atom stereocenters. The topological polar surface area (TPSA) is 12.0 Å². The summed E-state index contributed by atoms with van der Waals surface area (Å²) in [6.45, 7) is 4.68. The van der Waals surface area contributed by atoms with Crippen molar-refractivity contribution in [2.24, 2.45) is 0 Å². The molecule has 0 heterocycles. The molecule has 0 unspecified atom stereocenters. The van der Waals surface area contributed by atoms with Crippen LogP contribution in [0.1, 0.15) is 25.0 Å². The van der Waals surface area contributed by atoms with Crippen LogP contribution in [0.5, 0.6) is 0 Å². The van der Waals surface area contributed by atoms with Crippen molar-refractivity contribution >= 4 is 27.3 Å². The summed E-state index contributed by atoms with van der Waals surface area (Å²) < 4.78 is 1.09. The van der Waals surface area contributed by atoms with Gasteiger partial charge >= 0.3 is 0 Å². The van der Waals surface area contributed by atoms with Crippen LogP contribution in [0.3, 0.4) is 0 Å². The van der Waals surface area contributed by atoms with Gasteiger partial charge in [-0.2, -0.15) is 0 Å². The van der Waals surface area contributed by atoms with E-state index in [1.54, 1.807) is 0 Å². The minimum atomic E-state index is -0.0715. The van der Waals surface area contributed by atoms with Crippen molar-refractivity contribution in [1.82, 2.24) is 0 Å². The standard InChI is InChI=1S/C27H22BrN/c1-27(2)23-14-7-6-13-21(23)22-15-16-24(29-20-11-4-3-5-12-20)25(26(22)27)18-9-8-10-19(28)17-18/h3-17,29H,1-2H3. The lowest BCUT2D eigenvalue weighted by Gasteiger charge is -2.26. The molecular formula is C27H22BrN. The second kappa shape index (κ2) is 6.89. The molecular weight excluding hydrogens is 418 g/mol. The summed E-state index contributed by atoms with van der Waals surface area (Å²) in [6.07, 6.45) is 0. The lowest BCUT2D eigenvalue weighted by atomic mass is 9.78. The quantitative estimate of drug-likeness (QED) is 0.339.